The first-order valence-electron chi connectivity index (χ1n) is 6.58. The van der Waals surface area contributed by atoms with Crippen LogP contribution < -0.4 is 5.90 Å². The van der Waals surface area contributed by atoms with E-state index in [1.54, 1.807) is 20.8 Å². The molecule has 0 radical (unpaired) electrons. The third-order valence-electron chi connectivity index (χ3n) is 2.49. The Bertz CT molecular complexity index is 470. The van der Waals surface area contributed by atoms with Crippen molar-refractivity contribution >= 4 is 23.7 Å². The van der Waals surface area contributed by atoms with E-state index in [1.807, 2.05) is 30.3 Å². The molecule has 0 heterocycles. The summed E-state index contributed by atoms with van der Waals surface area (Å²) in [5, 5.41) is 0. The predicted molar refractivity (Wildman–Crippen MR) is 82.2 cm³/mol. The Kier molecular flexibility index (Phi) is 6.71. The van der Waals surface area contributed by atoms with Gasteiger partial charge in [0.15, 0.2) is 5.92 Å². The molecule has 1 aromatic carbocycles. The Labute approximate surface area is 129 Å². The highest BCUT2D eigenvalue weighted by Crippen LogP contribution is 2.19. The van der Waals surface area contributed by atoms with Gasteiger partial charge in [-0.1, -0.05) is 30.3 Å². The highest BCUT2D eigenvalue weighted by Gasteiger charge is 2.32. The van der Waals surface area contributed by atoms with Crippen LogP contribution in [0.1, 0.15) is 26.3 Å². The molecule has 2 N–H and O–H groups in total. The van der Waals surface area contributed by atoms with E-state index in [1.165, 1.54) is 11.8 Å². The fourth-order valence-corrected chi connectivity index (χ4v) is 2.61. The molecule has 0 spiro atoms. The van der Waals surface area contributed by atoms with Crippen LogP contribution in [0.2, 0.25) is 0 Å². The molecule has 6 heteroatoms. The Morgan fingerprint density at radius 2 is 1.81 bits per heavy atom. The molecule has 0 aromatic heterocycles. The third-order valence-corrected chi connectivity index (χ3v) is 3.59. The average Bonchev–Trinajstić information content (AvgIpc) is 2.42. The number of hydrogen-bond donors (Lipinski definition) is 1. The highest BCUT2D eigenvalue weighted by atomic mass is 32.2. The quantitative estimate of drug-likeness (QED) is 0.493. The first-order chi connectivity index (χ1) is 9.83. The van der Waals surface area contributed by atoms with Gasteiger partial charge in [-0.3, -0.25) is 4.79 Å². The van der Waals surface area contributed by atoms with Crippen LogP contribution in [0.25, 0.3) is 0 Å². The van der Waals surface area contributed by atoms with Crippen molar-refractivity contribution in [3.63, 3.8) is 0 Å². The number of carbonyl (C=O) groups is 2. The molecule has 0 unspecified atom stereocenters. The zero-order valence-corrected chi connectivity index (χ0v) is 13.3. The van der Waals surface area contributed by atoms with E-state index in [-0.39, 0.29) is 5.75 Å². The van der Waals surface area contributed by atoms with Gasteiger partial charge in [0.05, 0.1) is 0 Å². The van der Waals surface area contributed by atoms with Gasteiger partial charge in [-0.25, -0.2) is 4.79 Å². The summed E-state index contributed by atoms with van der Waals surface area (Å²) in [5.41, 5.74) is 0.459. The Hall–Kier alpha value is -1.53. The lowest BCUT2D eigenvalue weighted by atomic mass is 10.1. The minimum atomic E-state index is -1.01. The lowest BCUT2D eigenvalue weighted by molar-refractivity contribution is -0.168. The normalized spacial score (nSPS) is 12.6. The van der Waals surface area contributed by atoms with Crippen molar-refractivity contribution in [2.75, 3.05) is 5.75 Å². The summed E-state index contributed by atoms with van der Waals surface area (Å²) < 4.78 is 5.22. The van der Waals surface area contributed by atoms with Gasteiger partial charge >= 0.3 is 11.9 Å². The molecule has 0 saturated carbocycles. The van der Waals surface area contributed by atoms with Crippen LogP contribution in [0.5, 0.6) is 0 Å². The van der Waals surface area contributed by atoms with Crippen molar-refractivity contribution in [2.24, 2.45) is 11.8 Å². The number of rotatable bonds is 6. The van der Waals surface area contributed by atoms with Crippen LogP contribution in [-0.4, -0.2) is 23.3 Å². The van der Waals surface area contributed by atoms with E-state index < -0.39 is 23.5 Å². The molecule has 0 aliphatic heterocycles. The maximum absolute atomic E-state index is 12.0. The van der Waals surface area contributed by atoms with Gasteiger partial charge in [-0.05, 0) is 26.3 Å². The fourth-order valence-electron chi connectivity index (χ4n) is 1.56. The maximum atomic E-state index is 12.0. The topological polar surface area (TPSA) is 78.6 Å². The summed E-state index contributed by atoms with van der Waals surface area (Å²) in [6.07, 6.45) is 0. The van der Waals surface area contributed by atoms with E-state index >= 15 is 0 Å². The van der Waals surface area contributed by atoms with Crippen molar-refractivity contribution in [3.8, 4) is 0 Å². The molecule has 5 nitrogen and oxygen atoms in total. The van der Waals surface area contributed by atoms with Crippen molar-refractivity contribution < 1.29 is 19.2 Å². The molecule has 0 saturated heterocycles. The SMILES string of the molecule is CC(C)(C)OC(=O)[C@@H](CSCc1ccccc1)C(=O)ON. The minimum Gasteiger partial charge on any atom is -0.459 e. The van der Waals surface area contributed by atoms with Crippen LogP contribution in [0.3, 0.4) is 0 Å². The van der Waals surface area contributed by atoms with Crippen molar-refractivity contribution in [1.29, 1.82) is 0 Å². The van der Waals surface area contributed by atoms with Crippen LogP contribution in [-0.2, 0) is 24.9 Å². The lowest BCUT2D eigenvalue weighted by Crippen LogP contribution is -2.36. The molecule has 0 aliphatic rings. The monoisotopic (exact) mass is 311 g/mol. The smallest absolute Gasteiger partial charge is 0.339 e. The standard InChI is InChI=1S/C15H21NO4S/c1-15(2,3)19-13(17)12(14(18)20-16)10-21-9-11-7-5-4-6-8-11/h4-8,12H,9-10,16H2,1-3H3/t12-/m1/s1. The lowest BCUT2D eigenvalue weighted by Gasteiger charge is -2.22. The molecular formula is C15H21NO4S. The second-order valence-electron chi connectivity index (χ2n) is 5.52. The second-order valence-corrected chi connectivity index (χ2v) is 6.55. The highest BCUT2D eigenvalue weighted by molar-refractivity contribution is 7.98. The average molecular weight is 311 g/mol. The van der Waals surface area contributed by atoms with Gasteiger partial charge in [0.2, 0.25) is 0 Å². The predicted octanol–water partition coefficient (Wildman–Crippen LogP) is 2.29. The minimum absolute atomic E-state index is 0.264. The summed E-state index contributed by atoms with van der Waals surface area (Å²) in [6.45, 7) is 5.23. The number of nitrogens with two attached hydrogens (primary N) is 1. The third kappa shape index (κ3) is 6.64. The summed E-state index contributed by atoms with van der Waals surface area (Å²) in [5.74, 6) is 3.45. The van der Waals surface area contributed by atoms with Gasteiger partial charge in [0.1, 0.15) is 5.60 Å². The van der Waals surface area contributed by atoms with E-state index in [2.05, 4.69) is 4.84 Å². The largest absolute Gasteiger partial charge is 0.459 e. The first-order valence-corrected chi connectivity index (χ1v) is 7.74. The van der Waals surface area contributed by atoms with E-state index in [4.69, 9.17) is 10.6 Å². The molecular weight excluding hydrogens is 290 g/mol. The number of hydrogen-bond acceptors (Lipinski definition) is 6. The van der Waals surface area contributed by atoms with Gasteiger partial charge in [-0.15, -0.1) is 0 Å². The van der Waals surface area contributed by atoms with Gasteiger partial charge in [0, 0.05) is 11.5 Å². The molecule has 1 aromatic rings. The second kappa shape index (κ2) is 8.05. The first kappa shape index (κ1) is 17.5. The van der Waals surface area contributed by atoms with E-state index in [0.29, 0.717) is 5.75 Å². The van der Waals surface area contributed by atoms with Crippen LogP contribution in [0.4, 0.5) is 0 Å². The number of benzene rings is 1. The molecule has 0 aliphatic carbocycles. The van der Waals surface area contributed by atoms with Gasteiger partial charge in [0.25, 0.3) is 0 Å². The number of esters is 1. The van der Waals surface area contributed by atoms with Crippen molar-refractivity contribution in [1.82, 2.24) is 0 Å². The number of carbonyl (C=O) groups excluding carboxylic acids is 2. The Morgan fingerprint density at radius 3 is 2.33 bits per heavy atom. The molecule has 1 atom stereocenters. The van der Waals surface area contributed by atoms with Gasteiger partial charge in [-0.2, -0.15) is 17.7 Å². The zero-order chi connectivity index (χ0) is 15.9. The zero-order valence-electron chi connectivity index (χ0n) is 12.5. The van der Waals surface area contributed by atoms with Crippen molar-refractivity contribution in [2.45, 2.75) is 32.1 Å². The Morgan fingerprint density at radius 1 is 1.19 bits per heavy atom. The molecule has 0 fully saturated rings. The molecule has 1 rings (SSSR count). The summed E-state index contributed by atoms with van der Waals surface area (Å²) in [6, 6.07) is 9.78. The van der Waals surface area contributed by atoms with Gasteiger partial charge < -0.3 is 9.57 Å². The van der Waals surface area contributed by atoms with Crippen LogP contribution in [0.15, 0.2) is 30.3 Å². The number of ether oxygens (including phenoxy) is 1. The van der Waals surface area contributed by atoms with Crippen LogP contribution in [0, 0.1) is 5.92 Å². The Balaban J connectivity index is 2.58. The number of thioether (sulfide) groups is 1. The summed E-state index contributed by atoms with van der Waals surface area (Å²) >= 11 is 1.46. The van der Waals surface area contributed by atoms with Crippen LogP contribution >= 0.6 is 11.8 Å². The summed E-state index contributed by atoms with van der Waals surface area (Å²) in [7, 11) is 0. The molecule has 116 valence electrons. The van der Waals surface area contributed by atoms with E-state index in [9.17, 15) is 9.59 Å². The maximum Gasteiger partial charge on any atom is 0.339 e. The molecule has 0 bridgehead atoms. The molecule has 0 amide bonds. The fraction of sp³-hybridized carbons (Fsp3) is 0.467. The van der Waals surface area contributed by atoms with Crippen molar-refractivity contribution in [3.05, 3.63) is 35.9 Å². The van der Waals surface area contributed by atoms with E-state index in [0.717, 1.165) is 5.56 Å². The summed E-state index contributed by atoms with van der Waals surface area (Å²) in [4.78, 5) is 27.8. The molecule has 21 heavy (non-hydrogen) atoms.